The highest BCUT2D eigenvalue weighted by Gasteiger charge is 2.24. The van der Waals surface area contributed by atoms with Gasteiger partial charge in [-0.3, -0.25) is 4.79 Å². The van der Waals surface area contributed by atoms with Crippen LogP contribution in [0.5, 0.6) is 5.75 Å². The Hall–Kier alpha value is -2.52. The molecule has 0 atom stereocenters. The van der Waals surface area contributed by atoms with Crippen molar-refractivity contribution in [1.82, 2.24) is 4.98 Å². The summed E-state index contributed by atoms with van der Waals surface area (Å²) in [5, 5.41) is 10.4. The number of methoxy groups -OCH3 is 1. The Labute approximate surface area is 157 Å². The summed E-state index contributed by atoms with van der Waals surface area (Å²) in [5.74, 6) is 0.626. The zero-order valence-electron chi connectivity index (χ0n) is 14.9. The minimum atomic E-state index is -0.297. The number of aromatic nitrogens is 1. The van der Waals surface area contributed by atoms with E-state index in [1.807, 2.05) is 24.3 Å². The van der Waals surface area contributed by atoms with Gasteiger partial charge in [0.2, 0.25) is 0 Å². The van der Waals surface area contributed by atoms with Gasteiger partial charge < -0.3 is 9.47 Å². The maximum atomic E-state index is 11.7. The standard InChI is InChI=1S/C20H20N2O3S/c1-3-25-18(23)12-26-20-16(11-21)19(15-5-4-6-17(15)22-20)13-7-9-14(24-2)10-8-13/h7-10H,3-6,12H2,1-2H3. The fourth-order valence-corrected chi connectivity index (χ4v) is 3.98. The van der Waals surface area contributed by atoms with Crippen molar-refractivity contribution in [2.75, 3.05) is 19.5 Å². The van der Waals surface area contributed by atoms with Gasteiger partial charge in [-0.05, 0) is 49.4 Å². The zero-order chi connectivity index (χ0) is 18.5. The molecule has 0 saturated heterocycles. The molecule has 6 heteroatoms. The summed E-state index contributed by atoms with van der Waals surface area (Å²) < 4.78 is 10.2. The van der Waals surface area contributed by atoms with E-state index in [1.54, 1.807) is 14.0 Å². The lowest BCUT2D eigenvalue weighted by Crippen LogP contribution is -2.08. The molecule has 1 aliphatic carbocycles. The molecule has 0 amide bonds. The van der Waals surface area contributed by atoms with Crippen LogP contribution in [-0.4, -0.2) is 30.4 Å². The van der Waals surface area contributed by atoms with E-state index < -0.39 is 0 Å². The van der Waals surface area contributed by atoms with Crippen LogP contribution in [0, 0.1) is 11.3 Å². The molecule has 0 radical (unpaired) electrons. The highest BCUT2D eigenvalue weighted by molar-refractivity contribution is 7.99. The molecule has 1 heterocycles. The minimum absolute atomic E-state index is 0.149. The van der Waals surface area contributed by atoms with Crippen LogP contribution in [0.1, 0.15) is 30.2 Å². The van der Waals surface area contributed by atoms with Gasteiger partial charge in [-0.2, -0.15) is 5.26 Å². The molecule has 1 aromatic carbocycles. The largest absolute Gasteiger partial charge is 0.497 e. The number of nitrogens with zero attached hydrogens (tertiary/aromatic N) is 2. The van der Waals surface area contributed by atoms with Crippen molar-refractivity contribution in [2.24, 2.45) is 0 Å². The number of thioether (sulfide) groups is 1. The smallest absolute Gasteiger partial charge is 0.316 e. The monoisotopic (exact) mass is 368 g/mol. The van der Waals surface area contributed by atoms with Gasteiger partial charge in [0.1, 0.15) is 16.8 Å². The third kappa shape index (κ3) is 3.68. The highest BCUT2D eigenvalue weighted by Crippen LogP contribution is 2.38. The van der Waals surface area contributed by atoms with Crippen molar-refractivity contribution >= 4 is 17.7 Å². The van der Waals surface area contributed by atoms with Gasteiger partial charge >= 0.3 is 5.97 Å². The Kier molecular flexibility index (Phi) is 5.79. The van der Waals surface area contributed by atoms with E-state index in [0.29, 0.717) is 17.2 Å². The van der Waals surface area contributed by atoms with Crippen LogP contribution >= 0.6 is 11.8 Å². The number of rotatable bonds is 6. The second kappa shape index (κ2) is 8.24. The fraction of sp³-hybridized carbons (Fsp3) is 0.350. The molecule has 1 aliphatic rings. The summed E-state index contributed by atoms with van der Waals surface area (Å²) in [7, 11) is 1.63. The molecule has 0 bridgehead atoms. The molecular weight excluding hydrogens is 348 g/mol. The normalized spacial score (nSPS) is 12.3. The third-order valence-corrected chi connectivity index (χ3v) is 5.26. The first-order valence-electron chi connectivity index (χ1n) is 8.56. The molecule has 0 unspecified atom stereocenters. The number of aryl methyl sites for hydroxylation is 1. The van der Waals surface area contributed by atoms with Gasteiger partial charge in [0.25, 0.3) is 0 Å². The maximum absolute atomic E-state index is 11.7. The first-order valence-corrected chi connectivity index (χ1v) is 9.55. The number of carbonyl (C=O) groups excluding carboxylic acids is 1. The average Bonchev–Trinajstić information content (AvgIpc) is 3.13. The van der Waals surface area contributed by atoms with Crippen LogP contribution < -0.4 is 4.74 Å². The number of benzene rings is 1. The van der Waals surface area contributed by atoms with Gasteiger partial charge in [0.15, 0.2) is 0 Å². The summed E-state index contributed by atoms with van der Waals surface area (Å²) >= 11 is 1.27. The molecule has 134 valence electrons. The molecule has 5 nitrogen and oxygen atoms in total. The molecule has 0 saturated carbocycles. The topological polar surface area (TPSA) is 72.2 Å². The third-order valence-electron chi connectivity index (χ3n) is 4.31. The molecule has 3 rings (SSSR count). The van der Waals surface area contributed by atoms with Crippen LogP contribution in [0.25, 0.3) is 11.1 Å². The SMILES string of the molecule is CCOC(=O)CSc1nc2c(c(-c3ccc(OC)cc3)c1C#N)CCC2. The Morgan fingerprint density at radius 1 is 1.31 bits per heavy atom. The number of ether oxygens (including phenoxy) is 2. The van der Waals surface area contributed by atoms with Crippen LogP contribution in [-0.2, 0) is 22.4 Å². The molecule has 0 N–H and O–H groups in total. The van der Waals surface area contributed by atoms with E-state index in [0.717, 1.165) is 47.4 Å². The Bertz CT molecular complexity index is 857. The summed E-state index contributed by atoms with van der Waals surface area (Å²) in [5.41, 5.74) is 4.61. The number of nitriles is 1. The van der Waals surface area contributed by atoms with Crippen molar-refractivity contribution in [3.05, 3.63) is 41.1 Å². The first-order chi connectivity index (χ1) is 12.7. The quantitative estimate of drug-likeness (QED) is 0.571. The zero-order valence-corrected chi connectivity index (χ0v) is 15.7. The summed E-state index contributed by atoms with van der Waals surface area (Å²) in [6.45, 7) is 2.12. The van der Waals surface area contributed by atoms with Crippen LogP contribution in [0.3, 0.4) is 0 Å². The van der Waals surface area contributed by atoms with E-state index in [1.165, 1.54) is 11.8 Å². The van der Waals surface area contributed by atoms with Gasteiger partial charge in [0.05, 0.1) is 25.0 Å². The van der Waals surface area contributed by atoms with Gasteiger partial charge in [-0.1, -0.05) is 23.9 Å². The molecule has 1 aromatic heterocycles. The van der Waals surface area contributed by atoms with E-state index >= 15 is 0 Å². The van der Waals surface area contributed by atoms with E-state index in [4.69, 9.17) is 9.47 Å². The fourth-order valence-electron chi connectivity index (χ4n) is 3.17. The lowest BCUT2D eigenvalue weighted by molar-refractivity contribution is -0.139. The lowest BCUT2D eigenvalue weighted by Gasteiger charge is -2.14. The van der Waals surface area contributed by atoms with Crippen LogP contribution in [0.15, 0.2) is 29.3 Å². The van der Waals surface area contributed by atoms with Crippen LogP contribution in [0.4, 0.5) is 0 Å². The highest BCUT2D eigenvalue weighted by atomic mass is 32.2. The molecule has 0 fully saturated rings. The average molecular weight is 368 g/mol. The van der Waals surface area contributed by atoms with E-state index in [9.17, 15) is 10.1 Å². The molecular formula is C20H20N2O3S. The Morgan fingerprint density at radius 2 is 2.08 bits per heavy atom. The number of hydrogen-bond donors (Lipinski definition) is 0. The second-order valence-corrected chi connectivity index (χ2v) is 6.84. The van der Waals surface area contributed by atoms with Crippen molar-refractivity contribution in [1.29, 1.82) is 5.26 Å². The van der Waals surface area contributed by atoms with E-state index in [-0.39, 0.29) is 11.7 Å². The van der Waals surface area contributed by atoms with Gasteiger partial charge in [0, 0.05) is 11.3 Å². The van der Waals surface area contributed by atoms with Gasteiger partial charge in [-0.25, -0.2) is 4.98 Å². The summed E-state index contributed by atoms with van der Waals surface area (Å²) in [6, 6.07) is 10.0. The maximum Gasteiger partial charge on any atom is 0.316 e. The summed E-state index contributed by atoms with van der Waals surface area (Å²) in [4.78, 5) is 16.4. The number of carbonyl (C=O) groups is 1. The van der Waals surface area contributed by atoms with Crippen molar-refractivity contribution in [3.63, 3.8) is 0 Å². The summed E-state index contributed by atoms with van der Waals surface area (Å²) in [6.07, 6.45) is 2.85. The molecule has 26 heavy (non-hydrogen) atoms. The number of pyridine rings is 1. The predicted octanol–water partition coefficient (Wildman–Crippen LogP) is 3.77. The van der Waals surface area contributed by atoms with Gasteiger partial charge in [-0.15, -0.1) is 0 Å². The molecule has 2 aromatic rings. The second-order valence-electron chi connectivity index (χ2n) is 5.88. The first kappa shape index (κ1) is 18.3. The van der Waals surface area contributed by atoms with Crippen molar-refractivity contribution in [2.45, 2.75) is 31.2 Å². The predicted molar refractivity (Wildman–Crippen MR) is 100 cm³/mol. The lowest BCUT2D eigenvalue weighted by atomic mass is 9.95. The number of esters is 1. The van der Waals surface area contributed by atoms with Crippen LogP contribution in [0.2, 0.25) is 0 Å². The number of hydrogen-bond acceptors (Lipinski definition) is 6. The minimum Gasteiger partial charge on any atom is -0.497 e. The van der Waals surface area contributed by atoms with Crippen molar-refractivity contribution < 1.29 is 14.3 Å². The van der Waals surface area contributed by atoms with Crippen molar-refractivity contribution in [3.8, 4) is 22.9 Å². The molecule has 0 spiro atoms. The molecule has 0 aliphatic heterocycles. The van der Waals surface area contributed by atoms with E-state index in [2.05, 4.69) is 11.1 Å². The Morgan fingerprint density at radius 3 is 2.73 bits per heavy atom. The number of fused-ring (bicyclic) bond motifs is 1. The Balaban J connectivity index is 2.04.